The number of alkyl halides is 1. The van der Waals surface area contributed by atoms with Crippen LogP contribution in [0.15, 0.2) is 17.5 Å². The lowest BCUT2D eigenvalue weighted by molar-refractivity contribution is 0.0932. The Hall–Kier alpha value is -0.390. The van der Waals surface area contributed by atoms with Gasteiger partial charge in [0.05, 0.1) is 4.88 Å². The molecule has 0 saturated heterocycles. The summed E-state index contributed by atoms with van der Waals surface area (Å²) < 4.78 is 2.43. The van der Waals surface area contributed by atoms with Crippen LogP contribution in [0.3, 0.4) is 0 Å². The molecule has 0 atom stereocenters. The molecule has 0 radical (unpaired) electrons. The maximum atomic E-state index is 12.2. The highest BCUT2D eigenvalue weighted by Gasteiger charge is 2.21. The van der Waals surface area contributed by atoms with Crippen LogP contribution in [0.4, 0.5) is 0 Å². The van der Waals surface area contributed by atoms with Crippen molar-refractivity contribution in [2.24, 2.45) is 0 Å². The Bertz CT molecular complexity index is 526. The minimum absolute atomic E-state index is 0.0985. The fourth-order valence-corrected chi connectivity index (χ4v) is 4.87. The minimum atomic E-state index is 0.0985. The largest absolute Gasteiger partial charge is 0.349 e. The first kappa shape index (κ1) is 12.6. The van der Waals surface area contributed by atoms with Crippen LogP contribution in [-0.4, -0.2) is 16.8 Å². The van der Waals surface area contributed by atoms with E-state index in [1.165, 1.54) is 9.40 Å². The normalized spacial score (nSPS) is 24.3. The molecule has 5 heteroatoms. The zero-order valence-corrected chi connectivity index (χ0v) is 13.0. The van der Waals surface area contributed by atoms with Crippen LogP contribution in [0.2, 0.25) is 0 Å². The Morgan fingerprint density at radius 3 is 2.78 bits per heavy atom. The van der Waals surface area contributed by atoms with Gasteiger partial charge in [0.2, 0.25) is 0 Å². The number of hydrogen-bond donors (Lipinski definition) is 1. The molecule has 2 aromatic rings. The molecule has 2 nitrogen and oxygen atoms in total. The van der Waals surface area contributed by atoms with Gasteiger partial charge >= 0.3 is 0 Å². The minimum Gasteiger partial charge on any atom is -0.349 e. The van der Waals surface area contributed by atoms with Gasteiger partial charge in [0.25, 0.3) is 5.91 Å². The number of nitrogens with one attached hydrogen (secondary N) is 1. The van der Waals surface area contributed by atoms with E-state index in [1.807, 2.05) is 6.07 Å². The zero-order valence-electron chi connectivity index (χ0n) is 9.82. The molecule has 0 aliphatic heterocycles. The summed E-state index contributed by atoms with van der Waals surface area (Å²) in [5.74, 6) is 0.0985. The summed E-state index contributed by atoms with van der Waals surface area (Å²) in [6, 6.07) is 4.44. The standard InChI is InChI=1S/C13H14BrNOS2/c14-8-1-3-9(4-2-8)15-13(16)12-7-11-10(18-12)5-6-17-11/h5-9H,1-4H2,(H,15,16). The smallest absolute Gasteiger partial charge is 0.261 e. The van der Waals surface area contributed by atoms with Gasteiger partial charge in [0, 0.05) is 20.3 Å². The number of hydrogen-bond acceptors (Lipinski definition) is 3. The van der Waals surface area contributed by atoms with Crippen molar-refractivity contribution < 1.29 is 4.79 Å². The monoisotopic (exact) mass is 343 g/mol. The Morgan fingerprint density at radius 1 is 1.28 bits per heavy atom. The molecular formula is C13H14BrNOS2. The highest BCUT2D eigenvalue weighted by Crippen LogP contribution is 2.30. The van der Waals surface area contributed by atoms with Gasteiger partial charge in [-0.05, 0) is 43.2 Å². The zero-order chi connectivity index (χ0) is 12.5. The van der Waals surface area contributed by atoms with Crippen molar-refractivity contribution >= 4 is 53.9 Å². The summed E-state index contributed by atoms with van der Waals surface area (Å²) >= 11 is 6.92. The number of carbonyl (C=O) groups excluding carboxylic acids is 1. The molecular weight excluding hydrogens is 330 g/mol. The van der Waals surface area contributed by atoms with E-state index in [1.54, 1.807) is 22.7 Å². The number of thiophene rings is 2. The SMILES string of the molecule is O=C(NC1CCC(Br)CC1)c1cc2sccc2s1. The molecule has 0 aromatic carbocycles. The Balaban J connectivity index is 1.66. The van der Waals surface area contributed by atoms with Crippen LogP contribution < -0.4 is 5.32 Å². The van der Waals surface area contributed by atoms with Crippen molar-refractivity contribution in [2.75, 3.05) is 0 Å². The van der Waals surface area contributed by atoms with Crippen molar-refractivity contribution in [3.05, 3.63) is 22.4 Å². The van der Waals surface area contributed by atoms with Crippen LogP contribution in [-0.2, 0) is 0 Å². The first-order chi connectivity index (χ1) is 8.72. The van der Waals surface area contributed by atoms with Crippen molar-refractivity contribution in [1.29, 1.82) is 0 Å². The van der Waals surface area contributed by atoms with Crippen molar-refractivity contribution in [3.63, 3.8) is 0 Å². The average molecular weight is 344 g/mol. The number of carbonyl (C=O) groups is 1. The van der Waals surface area contributed by atoms with Gasteiger partial charge in [-0.3, -0.25) is 4.79 Å². The predicted molar refractivity (Wildman–Crippen MR) is 82.1 cm³/mol. The van der Waals surface area contributed by atoms with Gasteiger partial charge in [0.15, 0.2) is 0 Å². The van der Waals surface area contributed by atoms with E-state index >= 15 is 0 Å². The van der Waals surface area contributed by atoms with Crippen molar-refractivity contribution in [3.8, 4) is 0 Å². The van der Waals surface area contributed by atoms with Gasteiger partial charge in [0.1, 0.15) is 0 Å². The van der Waals surface area contributed by atoms with E-state index in [0.29, 0.717) is 10.9 Å². The molecule has 0 unspecified atom stereocenters. The van der Waals surface area contributed by atoms with Gasteiger partial charge < -0.3 is 5.32 Å². The number of halogens is 1. The number of fused-ring (bicyclic) bond motifs is 1. The van der Waals surface area contributed by atoms with Crippen LogP contribution in [0.25, 0.3) is 9.40 Å². The third kappa shape index (κ3) is 2.63. The Kier molecular flexibility index (Phi) is 3.73. The molecule has 2 aromatic heterocycles. The van der Waals surface area contributed by atoms with Crippen LogP contribution in [0.5, 0.6) is 0 Å². The molecule has 1 saturated carbocycles. The summed E-state index contributed by atoms with van der Waals surface area (Å²) in [5.41, 5.74) is 0. The lowest BCUT2D eigenvalue weighted by Crippen LogP contribution is -2.37. The first-order valence-corrected chi connectivity index (χ1v) is 8.75. The summed E-state index contributed by atoms with van der Waals surface area (Å²) in [5, 5.41) is 5.23. The lowest BCUT2D eigenvalue weighted by Gasteiger charge is -2.25. The Morgan fingerprint density at radius 2 is 2.06 bits per heavy atom. The van der Waals surface area contributed by atoms with Gasteiger partial charge in [-0.25, -0.2) is 0 Å². The van der Waals surface area contributed by atoms with Gasteiger partial charge in [-0.1, -0.05) is 15.9 Å². The second kappa shape index (κ2) is 5.31. The first-order valence-electron chi connectivity index (χ1n) is 6.14. The summed E-state index contributed by atoms with van der Waals surface area (Å²) in [6.07, 6.45) is 4.48. The molecule has 1 aliphatic carbocycles. The summed E-state index contributed by atoms with van der Waals surface area (Å²) in [6.45, 7) is 0. The molecule has 2 heterocycles. The molecule has 96 valence electrons. The average Bonchev–Trinajstić information content (AvgIpc) is 2.92. The van der Waals surface area contributed by atoms with Crippen LogP contribution in [0.1, 0.15) is 35.4 Å². The third-order valence-corrected chi connectivity index (χ3v) is 6.36. The van der Waals surface area contributed by atoms with E-state index in [0.717, 1.165) is 30.6 Å². The quantitative estimate of drug-likeness (QED) is 0.804. The molecule has 3 rings (SSSR count). The number of rotatable bonds is 2. The topological polar surface area (TPSA) is 29.1 Å². The van der Waals surface area contributed by atoms with E-state index < -0.39 is 0 Å². The summed E-state index contributed by atoms with van der Waals surface area (Å²) in [4.78, 5) is 13.6. The third-order valence-electron chi connectivity index (χ3n) is 3.36. The fourth-order valence-electron chi connectivity index (χ4n) is 2.33. The number of amides is 1. The van der Waals surface area contributed by atoms with E-state index in [9.17, 15) is 4.79 Å². The van der Waals surface area contributed by atoms with Gasteiger partial charge in [-0.2, -0.15) is 0 Å². The molecule has 18 heavy (non-hydrogen) atoms. The summed E-state index contributed by atoms with van der Waals surface area (Å²) in [7, 11) is 0. The second-order valence-corrected chi connectivity index (χ2v) is 8.01. The maximum Gasteiger partial charge on any atom is 0.261 e. The highest BCUT2D eigenvalue weighted by atomic mass is 79.9. The van der Waals surface area contributed by atoms with Crippen LogP contribution in [0, 0.1) is 0 Å². The molecule has 1 fully saturated rings. The molecule has 1 N–H and O–H groups in total. The molecule has 1 amide bonds. The van der Waals surface area contributed by atoms with E-state index in [2.05, 4.69) is 32.7 Å². The molecule has 0 spiro atoms. The predicted octanol–water partition coefficient (Wildman–Crippen LogP) is 4.40. The molecule has 0 bridgehead atoms. The highest BCUT2D eigenvalue weighted by molar-refractivity contribution is 9.09. The van der Waals surface area contributed by atoms with Gasteiger partial charge in [-0.15, -0.1) is 22.7 Å². The maximum absolute atomic E-state index is 12.2. The van der Waals surface area contributed by atoms with E-state index in [-0.39, 0.29) is 5.91 Å². The van der Waals surface area contributed by atoms with Crippen molar-refractivity contribution in [1.82, 2.24) is 5.32 Å². The van der Waals surface area contributed by atoms with Crippen LogP contribution >= 0.6 is 38.6 Å². The lowest BCUT2D eigenvalue weighted by atomic mass is 9.95. The van der Waals surface area contributed by atoms with E-state index in [4.69, 9.17) is 0 Å². The fraction of sp³-hybridized carbons (Fsp3) is 0.462. The second-order valence-electron chi connectivity index (χ2n) is 4.68. The van der Waals surface area contributed by atoms with Crippen molar-refractivity contribution in [2.45, 2.75) is 36.6 Å². The molecule has 1 aliphatic rings. The Labute approximate surface area is 123 Å².